The van der Waals surface area contributed by atoms with E-state index in [1.165, 1.54) is 0 Å². The second kappa shape index (κ2) is 6.46. The minimum absolute atomic E-state index is 0.00407. The Morgan fingerprint density at radius 2 is 2.00 bits per heavy atom. The number of hydrogen-bond donors (Lipinski definition) is 3. The molecule has 3 N–H and O–H groups in total. The van der Waals surface area contributed by atoms with Crippen LogP contribution in [0.4, 0.5) is 13.2 Å². The molecular formula is C19H11F3N6OS. The predicted octanol–water partition coefficient (Wildman–Crippen LogP) is 3.72. The molecule has 3 heterocycles. The highest BCUT2D eigenvalue weighted by Crippen LogP contribution is 2.41. The highest BCUT2D eigenvalue weighted by atomic mass is 32.1. The summed E-state index contributed by atoms with van der Waals surface area (Å²) in [4.78, 5) is 22.2. The van der Waals surface area contributed by atoms with Gasteiger partial charge in [0.15, 0.2) is 0 Å². The van der Waals surface area contributed by atoms with Gasteiger partial charge in [0, 0.05) is 16.9 Å². The minimum atomic E-state index is -4.52. The van der Waals surface area contributed by atoms with Crippen molar-refractivity contribution in [2.45, 2.75) is 12.1 Å². The Bertz CT molecular complexity index is 1400. The maximum atomic E-state index is 13.1. The van der Waals surface area contributed by atoms with Crippen LogP contribution in [0.3, 0.4) is 0 Å². The van der Waals surface area contributed by atoms with Crippen LogP contribution < -0.4 is 5.56 Å². The lowest BCUT2D eigenvalue weighted by Crippen LogP contribution is -2.28. The summed E-state index contributed by atoms with van der Waals surface area (Å²) in [5.41, 5.74) is 1.36. The first-order valence-electron chi connectivity index (χ1n) is 8.68. The first-order valence-corrected chi connectivity index (χ1v) is 9.50. The van der Waals surface area contributed by atoms with E-state index in [-0.39, 0.29) is 27.5 Å². The molecule has 4 aromatic rings. The van der Waals surface area contributed by atoms with Crippen LogP contribution in [0.15, 0.2) is 47.8 Å². The zero-order valence-corrected chi connectivity index (χ0v) is 15.7. The van der Waals surface area contributed by atoms with Gasteiger partial charge in [0.05, 0.1) is 41.2 Å². The van der Waals surface area contributed by atoms with Gasteiger partial charge < -0.3 is 10.4 Å². The number of aromatic nitrogens is 5. The number of allylic oxidation sites excluding steroid dienone is 1. The SMILES string of the molecule is N=C1c2c(nc[nH]c2=O)C(c2ncc(C(F)(F)F)s2)=CC1c1cccc2[nH]ncc12. The van der Waals surface area contributed by atoms with Gasteiger partial charge in [-0.2, -0.15) is 18.3 Å². The molecule has 11 heteroatoms. The van der Waals surface area contributed by atoms with Crippen molar-refractivity contribution in [2.24, 2.45) is 0 Å². The molecule has 0 aliphatic heterocycles. The summed E-state index contributed by atoms with van der Waals surface area (Å²) in [6.07, 6.45) is 0.651. The van der Waals surface area contributed by atoms with Gasteiger partial charge in [-0.15, -0.1) is 11.3 Å². The fourth-order valence-electron chi connectivity index (χ4n) is 3.55. The second-order valence-corrected chi connectivity index (χ2v) is 7.66. The summed E-state index contributed by atoms with van der Waals surface area (Å²) in [6, 6.07) is 5.40. The van der Waals surface area contributed by atoms with E-state index in [1.807, 2.05) is 6.07 Å². The topological polar surface area (TPSA) is 111 Å². The Morgan fingerprint density at radius 1 is 1.17 bits per heavy atom. The highest BCUT2D eigenvalue weighted by Gasteiger charge is 2.36. The van der Waals surface area contributed by atoms with Crippen molar-refractivity contribution in [3.63, 3.8) is 0 Å². The Morgan fingerprint density at radius 3 is 2.77 bits per heavy atom. The zero-order chi connectivity index (χ0) is 21.0. The van der Waals surface area contributed by atoms with E-state index in [2.05, 4.69) is 25.1 Å². The molecule has 5 rings (SSSR count). The van der Waals surface area contributed by atoms with Crippen molar-refractivity contribution >= 4 is 33.5 Å². The highest BCUT2D eigenvalue weighted by molar-refractivity contribution is 7.12. The molecule has 1 aromatic carbocycles. The molecule has 0 amide bonds. The van der Waals surface area contributed by atoms with Gasteiger partial charge >= 0.3 is 6.18 Å². The maximum absolute atomic E-state index is 13.1. The van der Waals surface area contributed by atoms with Crippen molar-refractivity contribution in [2.75, 3.05) is 0 Å². The molecular weight excluding hydrogens is 417 g/mol. The van der Waals surface area contributed by atoms with E-state index in [0.717, 1.165) is 23.4 Å². The third kappa shape index (κ3) is 2.77. The molecule has 1 atom stereocenters. The van der Waals surface area contributed by atoms with Crippen LogP contribution in [0.2, 0.25) is 0 Å². The Hall–Kier alpha value is -3.60. The molecule has 0 saturated heterocycles. The number of H-pyrrole nitrogens is 2. The molecule has 0 saturated carbocycles. The lowest BCUT2D eigenvalue weighted by Gasteiger charge is -2.23. The molecule has 0 spiro atoms. The number of fused-ring (bicyclic) bond motifs is 2. The molecule has 1 aliphatic carbocycles. The summed E-state index contributed by atoms with van der Waals surface area (Å²) in [7, 11) is 0. The molecule has 0 bridgehead atoms. The fraction of sp³-hybridized carbons (Fsp3) is 0.105. The van der Waals surface area contributed by atoms with Gasteiger partial charge in [0.2, 0.25) is 0 Å². The average Bonchev–Trinajstić information content (AvgIpc) is 3.37. The summed E-state index contributed by atoms with van der Waals surface area (Å²) < 4.78 is 39.3. The molecule has 3 aromatic heterocycles. The van der Waals surface area contributed by atoms with E-state index >= 15 is 0 Å². The van der Waals surface area contributed by atoms with Crippen LogP contribution in [0.25, 0.3) is 16.5 Å². The number of hydrogen-bond acceptors (Lipinski definition) is 6. The van der Waals surface area contributed by atoms with Crippen LogP contribution >= 0.6 is 11.3 Å². The smallest absolute Gasteiger partial charge is 0.313 e. The van der Waals surface area contributed by atoms with Gasteiger partial charge in [-0.1, -0.05) is 18.2 Å². The van der Waals surface area contributed by atoms with Crippen molar-refractivity contribution in [3.8, 4) is 0 Å². The first kappa shape index (κ1) is 18.4. The zero-order valence-electron chi connectivity index (χ0n) is 14.9. The molecule has 0 radical (unpaired) electrons. The maximum Gasteiger partial charge on any atom is 0.427 e. The molecule has 1 unspecified atom stereocenters. The van der Waals surface area contributed by atoms with E-state index in [1.54, 1.807) is 24.4 Å². The van der Waals surface area contributed by atoms with E-state index in [4.69, 9.17) is 5.41 Å². The van der Waals surface area contributed by atoms with Crippen LogP contribution in [0.1, 0.15) is 32.6 Å². The van der Waals surface area contributed by atoms with Gasteiger partial charge in [0.1, 0.15) is 9.88 Å². The number of aromatic amines is 2. The second-order valence-electron chi connectivity index (χ2n) is 6.63. The van der Waals surface area contributed by atoms with Crippen LogP contribution in [-0.2, 0) is 6.18 Å². The van der Waals surface area contributed by atoms with Crippen LogP contribution in [-0.4, -0.2) is 30.9 Å². The van der Waals surface area contributed by atoms with E-state index in [9.17, 15) is 18.0 Å². The van der Waals surface area contributed by atoms with Crippen molar-refractivity contribution in [1.82, 2.24) is 25.1 Å². The monoisotopic (exact) mass is 428 g/mol. The lowest BCUT2D eigenvalue weighted by molar-refractivity contribution is -0.134. The van der Waals surface area contributed by atoms with Crippen molar-refractivity contribution in [1.29, 1.82) is 5.41 Å². The molecule has 0 fully saturated rings. The van der Waals surface area contributed by atoms with Gasteiger partial charge in [-0.3, -0.25) is 9.89 Å². The quantitative estimate of drug-likeness (QED) is 0.452. The Kier molecular flexibility index (Phi) is 3.97. The predicted molar refractivity (Wildman–Crippen MR) is 105 cm³/mol. The van der Waals surface area contributed by atoms with Gasteiger partial charge in [-0.25, -0.2) is 9.97 Å². The number of halogens is 3. The molecule has 1 aliphatic rings. The number of nitrogens with zero attached hydrogens (tertiary/aromatic N) is 3. The molecule has 30 heavy (non-hydrogen) atoms. The van der Waals surface area contributed by atoms with Gasteiger partial charge in [-0.05, 0) is 11.6 Å². The average molecular weight is 428 g/mol. The first-order chi connectivity index (χ1) is 14.3. The standard InChI is InChI=1S/C19H11F3N6OS/c20-19(21,22)13-6-24-18(30-13)10-4-9(8-2-1-3-12-11(8)5-27-28-12)15(23)14-16(10)25-7-26-17(14)29/h1-7,9,23H,(H,27,28)(H,25,26,29). The number of alkyl halides is 3. The lowest BCUT2D eigenvalue weighted by atomic mass is 9.81. The normalized spacial score (nSPS) is 16.6. The fourth-order valence-corrected chi connectivity index (χ4v) is 4.36. The number of rotatable bonds is 2. The molecule has 150 valence electrons. The van der Waals surface area contributed by atoms with Gasteiger partial charge in [0.25, 0.3) is 5.56 Å². The van der Waals surface area contributed by atoms with Crippen molar-refractivity contribution < 1.29 is 13.2 Å². The van der Waals surface area contributed by atoms with Crippen LogP contribution in [0, 0.1) is 5.41 Å². The third-order valence-electron chi connectivity index (χ3n) is 4.89. The van der Waals surface area contributed by atoms with Crippen LogP contribution in [0.5, 0.6) is 0 Å². The summed E-state index contributed by atoms with van der Waals surface area (Å²) >= 11 is 0.474. The van der Waals surface area contributed by atoms with Crippen molar-refractivity contribution in [3.05, 3.63) is 80.1 Å². The summed E-state index contributed by atoms with van der Waals surface area (Å²) in [6.45, 7) is 0. The van der Waals surface area contributed by atoms with E-state index in [0.29, 0.717) is 16.9 Å². The summed E-state index contributed by atoms with van der Waals surface area (Å²) in [5, 5.41) is 16.4. The number of nitrogens with one attached hydrogen (secondary N) is 3. The minimum Gasteiger partial charge on any atom is -0.313 e. The molecule has 7 nitrogen and oxygen atoms in total. The largest absolute Gasteiger partial charge is 0.427 e. The number of benzene rings is 1. The van der Waals surface area contributed by atoms with E-state index < -0.39 is 22.5 Å². The number of thiazole rings is 1. The third-order valence-corrected chi connectivity index (χ3v) is 5.97. The Labute approximate surface area is 169 Å². The Balaban J connectivity index is 1.75. The summed E-state index contributed by atoms with van der Waals surface area (Å²) in [5.74, 6) is -0.683.